The molecule has 8 nitrogen and oxygen atoms in total. The van der Waals surface area contributed by atoms with E-state index in [9.17, 15) is 19.7 Å². The lowest BCUT2D eigenvalue weighted by molar-refractivity contribution is -0.384. The maximum Gasteiger partial charge on any atom is 0.282 e. The summed E-state index contributed by atoms with van der Waals surface area (Å²) < 4.78 is 5.05. The van der Waals surface area contributed by atoms with Crippen LogP contribution in [-0.2, 0) is 9.53 Å². The lowest BCUT2D eigenvalue weighted by Crippen LogP contribution is -2.66. The number of likely N-dealkylation sites (tertiary alicyclic amines) is 1. The Hall–Kier alpha value is -2.13. The molecule has 0 N–H and O–H groups in total. The second-order valence-corrected chi connectivity index (χ2v) is 6.62. The van der Waals surface area contributed by atoms with Crippen LogP contribution >= 0.6 is 11.8 Å². The number of hydrogen-bond donors (Lipinski definition) is 0. The largest absolute Gasteiger partial charge is 0.383 e. The summed E-state index contributed by atoms with van der Waals surface area (Å²) in [5.74, 6) is 0.569. The number of nitrogens with zero attached hydrogens (tertiary/aromatic N) is 3. The molecule has 2 amide bonds. The molecule has 2 atom stereocenters. The number of benzene rings is 1. The van der Waals surface area contributed by atoms with E-state index in [1.54, 1.807) is 29.0 Å². The van der Waals surface area contributed by atoms with Gasteiger partial charge in [-0.2, -0.15) is 0 Å². The number of carbonyl (C=O) groups is 2. The van der Waals surface area contributed by atoms with Gasteiger partial charge in [-0.25, -0.2) is 0 Å². The van der Waals surface area contributed by atoms with Crippen LogP contribution in [0.5, 0.6) is 0 Å². The van der Waals surface area contributed by atoms with Crippen molar-refractivity contribution in [3.63, 3.8) is 0 Å². The molecule has 2 saturated heterocycles. The van der Waals surface area contributed by atoms with Crippen molar-refractivity contribution in [2.24, 2.45) is 0 Å². The molecule has 2 fully saturated rings. The van der Waals surface area contributed by atoms with Crippen LogP contribution in [0, 0.1) is 10.1 Å². The number of β-lactam (4-membered cyclic amide) rings is 1. The smallest absolute Gasteiger partial charge is 0.282 e. The minimum Gasteiger partial charge on any atom is -0.383 e. The molecule has 0 spiro atoms. The number of thioether (sulfide) groups is 1. The molecule has 0 aliphatic carbocycles. The summed E-state index contributed by atoms with van der Waals surface area (Å²) in [6.07, 6.45) is 0. The fraction of sp³-hybridized carbons (Fsp3) is 0.467. The molecule has 0 unspecified atom stereocenters. The molecule has 1 aromatic carbocycles. The van der Waals surface area contributed by atoms with Crippen molar-refractivity contribution in [1.82, 2.24) is 9.80 Å². The zero-order chi connectivity index (χ0) is 17.3. The fourth-order valence-corrected chi connectivity index (χ4v) is 3.92. The number of rotatable bonds is 6. The molecule has 24 heavy (non-hydrogen) atoms. The maximum atomic E-state index is 12.5. The average molecular weight is 351 g/mol. The van der Waals surface area contributed by atoms with Crippen molar-refractivity contribution in [2.45, 2.75) is 12.1 Å². The van der Waals surface area contributed by atoms with Crippen molar-refractivity contribution >= 4 is 28.6 Å². The van der Waals surface area contributed by atoms with Gasteiger partial charge in [-0.3, -0.25) is 19.7 Å². The van der Waals surface area contributed by atoms with Crippen molar-refractivity contribution in [1.29, 1.82) is 0 Å². The minimum atomic E-state index is -0.536. The number of nitro benzene ring substituents is 1. The topological polar surface area (TPSA) is 93.0 Å². The summed E-state index contributed by atoms with van der Waals surface area (Å²) in [7, 11) is 1.56. The van der Waals surface area contributed by atoms with Gasteiger partial charge in [-0.1, -0.05) is 23.9 Å². The number of nitro groups is 1. The average Bonchev–Trinajstić information content (AvgIpc) is 2.98. The van der Waals surface area contributed by atoms with Gasteiger partial charge in [-0.15, -0.1) is 0 Å². The molecule has 9 heteroatoms. The van der Waals surface area contributed by atoms with E-state index in [2.05, 4.69) is 0 Å². The third-order valence-electron chi connectivity index (χ3n) is 4.28. The highest BCUT2D eigenvalue weighted by atomic mass is 32.2. The fourth-order valence-electron chi connectivity index (χ4n) is 3.09. The van der Waals surface area contributed by atoms with E-state index in [4.69, 9.17) is 4.74 Å². The highest BCUT2D eigenvalue weighted by Gasteiger charge is 2.53. The Morgan fingerprint density at radius 3 is 2.54 bits per heavy atom. The second kappa shape index (κ2) is 6.78. The van der Waals surface area contributed by atoms with Gasteiger partial charge in [0.2, 0.25) is 5.91 Å². The third-order valence-corrected chi connectivity index (χ3v) is 5.15. The number of ether oxygens (including phenoxy) is 1. The molecule has 2 aliphatic heterocycles. The molecule has 128 valence electrons. The Bertz CT molecular complexity index is 666. The maximum absolute atomic E-state index is 12.5. The number of amides is 2. The van der Waals surface area contributed by atoms with Crippen molar-refractivity contribution in [2.75, 3.05) is 32.6 Å². The van der Waals surface area contributed by atoms with E-state index in [-0.39, 0.29) is 22.9 Å². The first-order valence-electron chi connectivity index (χ1n) is 7.51. The Labute approximate surface area is 142 Å². The van der Waals surface area contributed by atoms with E-state index < -0.39 is 11.0 Å². The predicted octanol–water partition coefficient (Wildman–Crippen LogP) is 1.66. The number of hydrogen-bond acceptors (Lipinski definition) is 6. The van der Waals surface area contributed by atoms with Gasteiger partial charge in [0.1, 0.15) is 6.04 Å². The first kappa shape index (κ1) is 16.7. The zero-order valence-electron chi connectivity index (χ0n) is 13.1. The van der Waals surface area contributed by atoms with Crippen LogP contribution in [0.25, 0.3) is 0 Å². The Morgan fingerprint density at radius 2 is 2.00 bits per heavy atom. The van der Waals surface area contributed by atoms with E-state index in [0.717, 1.165) is 5.56 Å². The van der Waals surface area contributed by atoms with Crippen molar-refractivity contribution < 1.29 is 19.2 Å². The summed E-state index contributed by atoms with van der Waals surface area (Å²) in [5, 5.41) is 10.7. The van der Waals surface area contributed by atoms with Gasteiger partial charge in [0.25, 0.3) is 10.9 Å². The number of carbonyl (C=O) groups excluding carboxylic acids is 2. The minimum absolute atomic E-state index is 0.00260. The van der Waals surface area contributed by atoms with Crippen LogP contribution in [0.1, 0.15) is 11.6 Å². The Balaban J connectivity index is 1.87. The standard InChI is InChI=1S/C15H17N3O5S/c1-23-8-6-16-12(10-2-4-11(5-3-10)18(21)22)13(14(16)19)17-7-9-24-15(17)20/h2-5,12-13H,6-9H2,1H3/t12-,13-/m1/s1. The zero-order valence-corrected chi connectivity index (χ0v) is 13.9. The highest BCUT2D eigenvalue weighted by molar-refractivity contribution is 8.13. The first-order valence-corrected chi connectivity index (χ1v) is 8.50. The second-order valence-electron chi connectivity index (χ2n) is 5.57. The summed E-state index contributed by atoms with van der Waals surface area (Å²) in [6.45, 7) is 1.36. The summed E-state index contributed by atoms with van der Waals surface area (Å²) in [5.41, 5.74) is 0.781. The number of non-ortho nitro benzene ring substituents is 1. The first-order chi connectivity index (χ1) is 11.5. The summed E-state index contributed by atoms with van der Waals surface area (Å²) >= 11 is 1.21. The van der Waals surface area contributed by atoms with Crippen LogP contribution in [-0.4, -0.2) is 64.5 Å². The molecule has 0 aromatic heterocycles. The van der Waals surface area contributed by atoms with Crippen molar-refractivity contribution in [3.8, 4) is 0 Å². The SMILES string of the molecule is COCCN1C(=O)[C@H](N2CCSC2=O)[C@H]1c1ccc([N+](=O)[O-])cc1. The summed E-state index contributed by atoms with van der Waals surface area (Å²) in [4.78, 5) is 38.1. The molecule has 3 rings (SSSR count). The van der Waals surface area contributed by atoms with Gasteiger partial charge >= 0.3 is 0 Å². The monoisotopic (exact) mass is 351 g/mol. The van der Waals surface area contributed by atoms with E-state index in [0.29, 0.717) is 25.4 Å². The van der Waals surface area contributed by atoms with Gasteiger partial charge < -0.3 is 14.5 Å². The third kappa shape index (κ3) is 2.84. The summed E-state index contributed by atoms with van der Waals surface area (Å²) in [6, 6.07) is 5.31. The molecular weight excluding hydrogens is 334 g/mol. The Morgan fingerprint density at radius 1 is 1.29 bits per heavy atom. The lowest BCUT2D eigenvalue weighted by Gasteiger charge is -2.50. The predicted molar refractivity (Wildman–Crippen MR) is 87.8 cm³/mol. The molecular formula is C15H17N3O5S. The van der Waals surface area contributed by atoms with Crippen LogP contribution < -0.4 is 0 Å². The Kier molecular flexibility index (Phi) is 4.72. The van der Waals surface area contributed by atoms with Crippen LogP contribution in [0.4, 0.5) is 10.5 Å². The van der Waals surface area contributed by atoms with Crippen LogP contribution in [0.2, 0.25) is 0 Å². The molecule has 1 aromatic rings. The molecule has 2 aliphatic rings. The molecule has 0 saturated carbocycles. The van der Waals surface area contributed by atoms with Gasteiger partial charge in [-0.05, 0) is 5.56 Å². The highest BCUT2D eigenvalue weighted by Crippen LogP contribution is 2.40. The van der Waals surface area contributed by atoms with E-state index >= 15 is 0 Å². The molecule has 2 heterocycles. The van der Waals surface area contributed by atoms with Crippen molar-refractivity contribution in [3.05, 3.63) is 39.9 Å². The van der Waals surface area contributed by atoms with Gasteiger partial charge in [0.15, 0.2) is 0 Å². The van der Waals surface area contributed by atoms with Gasteiger partial charge in [0.05, 0.1) is 17.6 Å². The molecule has 0 radical (unpaired) electrons. The quantitative estimate of drug-likeness (QED) is 0.440. The van der Waals surface area contributed by atoms with Gasteiger partial charge in [0, 0.05) is 38.1 Å². The normalized spacial score (nSPS) is 23.5. The van der Waals surface area contributed by atoms with Crippen LogP contribution in [0.3, 0.4) is 0 Å². The van der Waals surface area contributed by atoms with E-state index in [1.807, 2.05) is 0 Å². The molecule has 0 bridgehead atoms. The van der Waals surface area contributed by atoms with E-state index in [1.165, 1.54) is 23.9 Å². The number of methoxy groups -OCH3 is 1. The van der Waals surface area contributed by atoms with Crippen LogP contribution in [0.15, 0.2) is 24.3 Å². The lowest BCUT2D eigenvalue weighted by atomic mass is 9.87.